The molecule has 15 nitrogen and oxygen atoms in total. The molecule has 6 N–H and O–H groups in total. The van der Waals surface area contributed by atoms with E-state index >= 15 is 0 Å². The first-order chi connectivity index (χ1) is 31.6. The van der Waals surface area contributed by atoms with Crippen LogP contribution in [0.2, 0.25) is 0 Å². The summed E-state index contributed by atoms with van der Waals surface area (Å²) in [6.07, 6.45) is 28.4. The van der Waals surface area contributed by atoms with E-state index in [1.165, 1.54) is 11.8 Å². The molecule has 1 rings (SSSR count). The lowest BCUT2D eigenvalue weighted by Gasteiger charge is -2.18. The van der Waals surface area contributed by atoms with Crippen LogP contribution in [0.25, 0.3) is 0 Å². The molecule has 1 heterocycles. The topological polar surface area (TPSA) is 212 Å². The highest BCUT2D eigenvalue weighted by molar-refractivity contribution is 5.95. The first kappa shape index (κ1) is 59.0. The quantitative estimate of drug-likeness (QED) is 0.0341. The second-order valence-electron chi connectivity index (χ2n) is 18.0. The molecule has 0 bridgehead atoms. The van der Waals surface area contributed by atoms with Gasteiger partial charge in [-0.15, -0.1) is 0 Å². The van der Waals surface area contributed by atoms with Gasteiger partial charge < -0.3 is 31.9 Å². The van der Waals surface area contributed by atoms with Gasteiger partial charge in [-0.25, -0.2) is 0 Å². The Morgan fingerprint density at radius 3 is 0.938 bits per heavy atom. The Hall–Kier alpha value is -4.04. The van der Waals surface area contributed by atoms with Crippen LogP contribution in [-0.4, -0.2) is 98.0 Å². The third-order valence-corrected chi connectivity index (χ3v) is 11.8. The van der Waals surface area contributed by atoms with Crippen molar-refractivity contribution in [1.29, 1.82) is 0 Å². The zero-order chi connectivity index (χ0) is 47.4. The second kappa shape index (κ2) is 42.6. The molecule has 1 aliphatic heterocycles. The van der Waals surface area contributed by atoms with Crippen molar-refractivity contribution in [3.63, 3.8) is 0 Å². The Morgan fingerprint density at radius 2 is 0.631 bits per heavy atom. The molecule has 0 atom stereocenters. The fourth-order valence-electron chi connectivity index (χ4n) is 7.80. The molecule has 0 spiro atoms. The van der Waals surface area contributed by atoms with Crippen molar-refractivity contribution in [3.05, 3.63) is 0 Å². The van der Waals surface area contributed by atoms with Crippen molar-refractivity contribution in [2.45, 2.75) is 225 Å². The Balaban J connectivity index is 1.79. The van der Waals surface area contributed by atoms with Crippen molar-refractivity contribution < 1.29 is 38.4 Å². The van der Waals surface area contributed by atoms with Gasteiger partial charge in [-0.3, -0.25) is 43.3 Å². The summed E-state index contributed by atoms with van der Waals surface area (Å²) in [6.45, 7) is 6.09. The number of unbranched alkanes of at least 4 members (excludes halogenated alkanes) is 18. The zero-order valence-corrected chi connectivity index (χ0v) is 40.7. The van der Waals surface area contributed by atoms with Crippen molar-refractivity contribution in [2.24, 2.45) is 0 Å². The van der Waals surface area contributed by atoms with Crippen LogP contribution in [0.4, 0.5) is 0 Å². The molecule has 374 valence electrons. The van der Waals surface area contributed by atoms with Gasteiger partial charge in [0.2, 0.25) is 47.3 Å². The summed E-state index contributed by atoms with van der Waals surface area (Å²) in [5.41, 5.74) is 0. The van der Waals surface area contributed by atoms with Gasteiger partial charge >= 0.3 is 0 Å². The highest BCUT2D eigenvalue weighted by atomic mass is 16.2. The number of amides is 8. The van der Waals surface area contributed by atoms with Gasteiger partial charge in [-0.1, -0.05) is 83.5 Å². The average molecular weight is 918 g/mol. The van der Waals surface area contributed by atoms with E-state index in [1.807, 2.05) is 0 Å². The van der Waals surface area contributed by atoms with Gasteiger partial charge in [0.15, 0.2) is 0 Å². The SMILES string of the molecule is CC(=O)NCCCCCCC(=O)NCCCCCCC(=O)NCCCCCCC(=O)NCCCCCCC(=O)NCCCCCCC(=O)NCCCCCCC(=O)N1CCCCCC1=O. The van der Waals surface area contributed by atoms with E-state index in [0.717, 1.165) is 173 Å². The van der Waals surface area contributed by atoms with E-state index in [-0.39, 0.29) is 47.3 Å². The number of hydrogen-bond acceptors (Lipinski definition) is 8. The molecule has 1 saturated heterocycles. The number of rotatable bonds is 42. The predicted octanol–water partition coefficient (Wildman–Crippen LogP) is 7.34. The Morgan fingerprint density at radius 1 is 0.354 bits per heavy atom. The van der Waals surface area contributed by atoms with E-state index in [0.29, 0.717) is 90.8 Å². The molecule has 0 radical (unpaired) electrons. The number of nitrogens with zero attached hydrogens (tertiary/aromatic N) is 1. The molecule has 0 saturated carbocycles. The van der Waals surface area contributed by atoms with Crippen LogP contribution in [0.5, 0.6) is 0 Å². The zero-order valence-electron chi connectivity index (χ0n) is 40.7. The van der Waals surface area contributed by atoms with Crippen LogP contribution in [0.3, 0.4) is 0 Å². The van der Waals surface area contributed by atoms with E-state index in [9.17, 15) is 38.4 Å². The molecule has 15 heteroatoms. The Labute approximate surface area is 392 Å². The second-order valence-corrected chi connectivity index (χ2v) is 18.0. The minimum Gasteiger partial charge on any atom is -0.356 e. The fraction of sp³-hybridized carbons (Fsp3) is 0.840. The standard InChI is InChI=1S/C50H91N7O8/c1-43(58)51-36-22-8-2-15-29-44(59)52-37-23-9-3-16-30-45(60)53-38-24-10-4-17-31-46(61)54-39-25-11-5-18-32-47(62)55-40-26-12-6-19-33-48(63)56-41-27-13-7-20-34-49(64)57-42-28-14-21-35-50(57)65/h2-42H2,1H3,(H,51,58)(H,52,59)(H,53,60)(H,54,61)(H,55,62)(H,56,63). The largest absolute Gasteiger partial charge is 0.356 e. The number of imide groups is 1. The monoisotopic (exact) mass is 918 g/mol. The van der Waals surface area contributed by atoms with E-state index in [1.54, 1.807) is 0 Å². The summed E-state index contributed by atoms with van der Waals surface area (Å²) in [4.78, 5) is 97.2. The summed E-state index contributed by atoms with van der Waals surface area (Å²) in [6, 6.07) is 0. The summed E-state index contributed by atoms with van der Waals surface area (Å²) in [5.74, 6) is 0.353. The summed E-state index contributed by atoms with van der Waals surface area (Å²) >= 11 is 0. The average Bonchev–Trinajstić information content (AvgIpc) is 3.50. The lowest BCUT2D eigenvalue weighted by atomic mass is 10.1. The minimum atomic E-state index is -0.0406. The summed E-state index contributed by atoms with van der Waals surface area (Å²) < 4.78 is 0. The Kier molecular flexibility index (Phi) is 38.6. The molecule has 0 aromatic heterocycles. The Bertz CT molecular complexity index is 1330. The number of carbonyl (C=O) groups is 8. The highest BCUT2D eigenvalue weighted by Gasteiger charge is 2.22. The van der Waals surface area contributed by atoms with E-state index in [4.69, 9.17) is 0 Å². The first-order valence-corrected chi connectivity index (χ1v) is 26.0. The van der Waals surface area contributed by atoms with Gasteiger partial charge in [0.1, 0.15) is 0 Å². The molecular formula is C50H91N7O8. The van der Waals surface area contributed by atoms with Crippen LogP contribution in [0, 0.1) is 0 Å². The third-order valence-electron chi connectivity index (χ3n) is 11.8. The van der Waals surface area contributed by atoms with Crippen molar-refractivity contribution in [3.8, 4) is 0 Å². The maximum atomic E-state index is 12.4. The molecule has 0 aromatic carbocycles. The maximum Gasteiger partial charge on any atom is 0.229 e. The minimum absolute atomic E-state index is 0.00435. The van der Waals surface area contributed by atoms with Gasteiger partial charge in [0.05, 0.1) is 0 Å². The van der Waals surface area contributed by atoms with Gasteiger partial charge in [0, 0.05) is 97.7 Å². The smallest absolute Gasteiger partial charge is 0.229 e. The van der Waals surface area contributed by atoms with Gasteiger partial charge in [-0.05, 0) is 89.9 Å². The van der Waals surface area contributed by atoms with Crippen molar-refractivity contribution in [2.75, 3.05) is 45.8 Å². The number of hydrogen-bond donors (Lipinski definition) is 6. The molecule has 0 unspecified atom stereocenters. The first-order valence-electron chi connectivity index (χ1n) is 26.0. The van der Waals surface area contributed by atoms with Gasteiger partial charge in [-0.2, -0.15) is 0 Å². The highest BCUT2D eigenvalue weighted by Crippen LogP contribution is 2.14. The molecule has 8 amide bonds. The molecule has 1 fully saturated rings. The van der Waals surface area contributed by atoms with Crippen LogP contribution in [0.1, 0.15) is 225 Å². The fourth-order valence-corrected chi connectivity index (χ4v) is 7.80. The maximum absolute atomic E-state index is 12.4. The number of likely N-dealkylation sites (tertiary alicyclic amines) is 1. The lowest BCUT2D eigenvalue weighted by Crippen LogP contribution is -2.36. The summed E-state index contributed by atoms with van der Waals surface area (Å²) in [7, 11) is 0. The lowest BCUT2D eigenvalue weighted by molar-refractivity contribution is -0.144. The third kappa shape index (κ3) is 38.9. The van der Waals surface area contributed by atoms with Crippen LogP contribution < -0.4 is 31.9 Å². The number of carbonyl (C=O) groups excluding carboxylic acids is 8. The molecular weight excluding hydrogens is 827 g/mol. The van der Waals surface area contributed by atoms with Crippen LogP contribution >= 0.6 is 0 Å². The van der Waals surface area contributed by atoms with Gasteiger partial charge in [0.25, 0.3) is 0 Å². The molecule has 0 aliphatic carbocycles. The normalized spacial score (nSPS) is 12.6. The summed E-state index contributed by atoms with van der Waals surface area (Å²) in [5, 5.41) is 17.7. The van der Waals surface area contributed by atoms with Crippen molar-refractivity contribution >= 4 is 47.3 Å². The molecule has 1 aliphatic rings. The van der Waals surface area contributed by atoms with Crippen molar-refractivity contribution in [1.82, 2.24) is 36.8 Å². The van der Waals surface area contributed by atoms with Crippen LogP contribution in [0.15, 0.2) is 0 Å². The predicted molar refractivity (Wildman–Crippen MR) is 257 cm³/mol. The van der Waals surface area contributed by atoms with Crippen LogP contribution in [-0.2, 0) is 38.4 Å². The number of nitrogens with one attached hydrogen (secondary N) is 6. The molecule has 65 heavy (non-hydrogen) atoms. The van der Waals surface area contributed by atoms with E-state index < -0.39 is 0 Å². The van der Waals surface area contributed by atoms with E-state index in [2.05, 4.69) is 31.9 Å². The molecule has 0 aromatic rings.